The summed E-state index contributed by atoms with van der Waals surface area (Å²) in [5.74, 6) is 0. The second-order valence-electron chi connectivity index (χ2n) is 5.04. The minimum absolute atomic E-state index is 0.904. The summed E-state index contributed by atoms with van der Waals surface area (Å²) in [6.45, 7) is 2.05. The average molecular weight is 306 g/mol. The molecule has 2 heterocycles. The molecule has 0 radical (unpaired) electrons. The third-order valence-electron chi connectivity index (χ3n) is 3.63. The van der Waals surface area contributed by atoms with Crippen LogP contribution in [0.5, 0.6) is 0 Å². The predicted octanol–water partition coefficient (Wildman–Crippen LogP) is 3.91. The van der Waals surface area contributed by atoms with Gasteiger partial charge in [-0.25, -0.2) is 4.68 Å². The Morgan fingerprint density at radius 3 is 2.68 bits per heavy atom. The van der Waals surface area contributed by atoms with Crippen molar-refractivity contribution in [1.29, 1.82) is 0 Å². The molecule has 0 atom stereocenters. The lowest BCUT2D eigenvalue weighted by Crippen LogP contribution is -2.09. The summed E-state index contributed by atoms with van der Waals surface area (Å²) in [6, 6.07) is 18.3. The summed E-state index contributed by atoms with van der Waals surface area (Å²) in [7, 11) is 0. The summed E-state index contributed by atoms with van der Waals surface area (Å²) in [5.41, 5.74) is 5.26. The first-order valence-corrected chi connectivity index (χ1v) is 7.92. The zero-order valence-electron chi connectivity index (χ0n) is 12.0. The quantitative estimate of drug-likeness (QED) is 0.779. The van der Waals surface area contributed by atoms with Gasteiger partial charge in [0.25, 0.3) is 0 Å². The van der Waals surface area contributed by atoms with Gasteiger partial charge in [0.15, 0.2) is 0 Å². The highest BCUT2D eigenvalue weighted by molar-refractivity contribution is 8.06. The number of hydrogen-bond acceptors (Lipinski definition) is 4. The van der Waals surface area contributed by atoms with Gasteiger partial charge in [0.2, 0.25) is 0 Å². The van der Waals surface area contributed by atoms with Gasteiger partial charge in [-0.05, 0) is 24.6 Å². The number of thioether (sulfide) groups is 1. The van der Waals surface area contributed by atoms with Gasteiger partial charge in [0.05, 0.1) is 21.9 Å². The van der Waals surface area contributed by atoms with Crippen molar-refractivity contribution in [2.24, 2.45) is 0 Å². The van der Waals surface area contributed by atoms with Gasteiger partial charge in [0.1, 0.15) is 5.52 Å². The molecule has 1 aliphatic rings. The molecule has 0 spiro atoms. The number of allylic oxidation sites excluding steroid dienone is 1. The number of benzene rings is 2. The molecular weight excluding hydrogens is 292 g/mol. The minimum atomic E-state index is 0.904. The molecule has 0 saturated carbocycles. The first-order valence-electron chi connectivity index (χ1n) is 7.04. The maximum Gasteiger partial charge on any atom is 0.113 e. The summed E-state index contributed by atoms with van der Waals surface area (Å²) < 4.78 is 1.88. The van der Waals surface area contributed by atoms with Crippen molar-refractivity contribution >= 4 is 34.2 Å². The van der Waals surface area contributed by atoms with Gasteiger partial charge in [-0.2, -0.15) is 0 Å². The molecule has 22 heavy (non-hydrogen) atoms. The van der Waals surface area contributed by atoms with E-state index in [9.17, 15) is 0 Å². The lowest BCUT2D eigenvalue weighted by Gasteiger charge is -2.09. The molecular formula is C17H14N4S. The lowest BCUT2D eigenvalue weighted by molar-refractivity contribution is 0.829. The maximum absolute atomic E-state index is 4.27. The van der Waals surface area contributed by atoms with Crippen LogP contribution >= 0.6 is 11.8 Å². The van der Waals surface area contributed by atoms with E-state index in [1.54, 1.807) is 11.8 Å². The van der Waals surface area contributed by atoms with Crippen LogP contribution < -0.4 is 5.32 Å². The number of aromatic nitrogens is 3. The Balaban J connectivity index is 1.69. The van der Waals surface area contributed by atoms with E-state index in [1.807, 2.05) is 47.1 Å². The zero-order valence-corrected chi connectivity index (χ0v) is 12.8. The Hall–Kier alpha value is -2.53. The third kappa shape index (κ3) is 2.19. The average Bonchev–Trinajstić information content (AvgIpc) is 3.22. The Morgan fingerprint density at radius 1 is 1.05 bits per heavy atom. The molecule has 0 unspecified atom stereocenters. The fourth-order valence-corrected chi connectivity index (χ4v) is 3.30. The van der Waals surface area contributed by atoms with E-state index in [0.717, 1.165) is 27.5 Å². The number of rotatable bonds is 2. The number of nitrogens with zero attached hydrogens (tertiary/aromatic N) is 3. The van der Waals surface area contributed by atoms with Crippen LogP contribution in [0.4, 0.5) is 0 Å². The van der Waals surface area contributed by atoms with Gasteiger partial charge in [-0.1, -0.05) is 59.4 Å². The summed E-state index contributed by atoms with van der Waals surface area (Å²) in [6.07, 6.45) is 0. The van der Waals surface area contributed by atoms with E-state index in [-0.39, 0.29) is 0 Å². The Kier molecular flexibility index (Phi) is 3.20. The summed E-state index contributed by atoms with van der Waals surface area (Å²) >= 11 is 1.68. The SMILES string of the molecule is CC(=C1NC(c2ccccc2)=CS1)n1nnc2ccccc21. The van der Waals surface area contributed by atoms with Crippen molar-refractivity contribution in [1.82, 2.24) is 20.3 Å². The van der Waals surface area contributed by atoms with Crippen LogP contribution in [0.3, 0.4) is 0 Å². The fourth-order valence-electron chi connectivity index (χ4n) is 2.45. The molecule has 0 amide bonds. The molecule has 3 aromatic rings. The van der Waals surface area contributed by atoms with E-state index < -0.39 is 0 Å². The van der Waals surface area contributed by atoms with Gasteiger partial charge in [-0.15, -0.1) is 5.10 Å². The fraction of sp³-hybridized carbons (Fsp3) is 0.0588. The molecule has 108 valence electrons. The van der Waals surface area contributed by atoms with Gasteiger partial charge >= 0.3 is 0 Å². The Bertz CT molecular complexity index is 893. The molecule has 1 aromatic heterocycles. The maximum atomic E-state index is 4.27. The molecule has 2 aromatic carbocycles. The summed E-state index contributed by atoms with van der Waals surface area (Å²) in [5, 5.41) is 15.2. The van der Waals surface area contributed by atoms with Crippen molar-refractivity contribution in [3.8, 4) is 0 Å². The highest BCUT2D eigenvalue weighted by Crippen LogP contribution is 2.33. The van der Waals surface area contributed by atoms with E-state index in [4.69, 9.17) is 0 Å². The highest BCUT2D eigenvalue weighted by atomic mass is 32.2. The van der Waals surface area contributed by atoms with E-state index >= 15 is 0 Å². The molecule has 1 aliphatic heterocycles. The van der Waals surface area contributed by atoms with Gasteiger partial charge in [-0.3, -0.25) is 0 Å². The van der Waals surface area contributed by atoms with Gasteiger partial charge < -0.3 is 5.32 Å². The van der Waals surface area contributed by atoms with Crippen molar-refractivity contribution < 1.29 is 0 Å². The number of hydrogen-bond donors (Lipinski definition) is 1. The monoisotopic (exact) mass is 306 g/mol. The van der Waals surface area contributed by atoms with E-state index in [0.29, 0.717) is 0 Å². The number of fused-ring (bicyclic) bond motifs is 1. The largest absolute Gasteiger partial charge is 0.348 e. The predicted molar refractivity (Wildman–Crippen MR) is 91.6 cm³/mol. The van der Waals surface area contributed by atoms with Crippen LogP contribution in [-0.2, 0) is 0 Å². The van der Waals surface area contributed by atoms with Crippen LogP contribution in [0.25, 0.3) is 22.4 Å². The second-order valence-corrected chi connectivity index (χ2v) is 5.92. The van der Waals surface area contributed by atoms with Crippen LogP contribution in [0.1, 0.15) is 12.5 Å². The van der Waals surface area contributed by atoms with Crippen LogP contribution in [0, 0.1) is 0 Å². The Labute approximate surface area is 132 Å². The molecule has 5 heteroatoms. The topological polar surface area (TPSA) is 42.7 Å². The van der Waals surface area contributed by atoms with Crippen molar-refractivity contribution in [3.05, 3.63) is 70.6 Å². The second kappa shape index (κ2) is 5.35. The molecule has 0 aliphatic carbocycles. The van der Waals surface area contributed by atoms with Crippen molar-refractivity contribution in [2.75, 3.05) is 0 Å². The smallest absolute Gasteiger partial charge is 0.113 e. The van der Waals surface area contributed by atoms with E-state index in [1.165, 1.54) is 5.56 Å². The van der Waals surface area contributed by atoms with Crippen molar-refractivity contribution in [3.63, 3.8) is 0 Å². The molecule has 0 fully saturated rings. The molecule has 4 rings (SSSR count). The molecule has 1 N–H and O–H groups in total. The van der Waals surface area contributed by atoms with Gasteiger partial charge in [0, 0.05) is 5.41 Å². The first-order chi connectivity index (χ1) is 10.8. The minimum Gasteiger partial charge on any atom is -0.348 e. The van der Waals surface area contributed by atoms with Crippen LogP contribution in [0.15, 0.2) is 65.0 Å². The lowest BCUT2D eigenvalue weighted by atomic mass is 10.2. The standard InChI is InChI=1S/C17H14N4S/c1-12(21-16-10-6-5-9-14(16)19-20-21)17-18-15(11-22-17)13-7-3-2-4-8-13/h2-11,18H,1H3. The van der Waals surface area contributed by atoms with Crippen LogP contribution in [-0.4, -0.2) is 15.0 Å². The number of para-hydroxylation sites is 1. The summed E-state index contributed by atoms with van der Waals surface area (Å²) in [4.78, 5) is 0. The highest BCUT2D eigenvalue weighted by Gasteiger charge is 2.16. The molecule has 4 nitrogen and oxygen atoms in total. The van der Waals surface area contributed by atoms with Crippen LogP contribution in [0.2, 0.25) is 0 Å². The number of nitrogens with one attached hydrogen (secondary N) is 1. The first kappa shape index (κ1) is 13.2. The van der Waals surface area contributed by atoms with Crippen molar-refractivity contribution in [2.45, 2.75) is 6.92 Å². The third-order valence-corrected chi connectivity index (χ3v) is 4.61. The van der Waals surface area contributed by atoms with E-state index in [2.05, 4.69) is 40.1 Å². The molecule has 0 saturated heterocycles. The normalized spacial score (nSPS) is 16.5. The zero-order chi connectivity index (χ0) is 14.9. The Morgan fingerprint density at radius 2 is 1.82 bits per heavy atom. The molecule has 0 bridgehead atoms.